The van der Waals surface area contributed by atoms with E-state index in [0.29, 0.717) is 22.7 Å². The van der Waals surface area contributed by atoms with Crippen LogP contribution in [-0.2, 0) is 30.4 Å². The minimum Gasteiger partial charge on any atom is -0.348 e. The molecule has 1 aromatic heterocycles. The van der Waals surface area contributed by atoms with Gasteiger partial charge in [0.05, 0.1) is 5.69 Å². The van der Waals surface area contributed by atoms with Crippen LogP contribution in [0.1, 0.15) is 32.7 Å². The summed E-state index contributed by atoms with van der Waals surface area (Å²) in [6.07, 6.45) is -3.03. The molecule has 3 aromatic rings. The fourth-order valence-corrected chi connectivity index (χ4v) is 3.95. The smallest absolute Gasteiger partial charge is 0.348 e. The number of alkyl halides is 3. The summed E-state index contributed by atoms with van der Waals surface area (Å²) in [6.45, 7) is 2.10. The highest BCUT2D eigenvalue weighted by atomic mass is 35.5. The summed E-state index contributed by atoms with van der Waals surface area (Å²) in [5, 5.41) is 3.22. The molecular formula is C23H21ClF3N3O3S. The van der Waals surface area contributed by atoms with Gasteiger partial charge in [0.25, 0.3) is 17.2 Å². The SMILES string of the molecule is Cc1cccc(CCN(c2ccc(C(=O)NCc3ccc(C(F)(F)F)nc3)cc2)S(=O)O)c1Cl. The predicted molar refractivity (Wildman–Crippen MR) is 125 cm³/mol. The molecule has 0 spiro atoms. The Morgan fingerprint density at radius 3 is 2.44 bits per heavy atom. The number of carbonyl (C=O) groups excluding carboxylic acids is 1. The molecule has 180 valence electrons. The van der Waals surface area contributed by atoms with Crippen LogP contribution in [0.15, 0.2) is 60.8 Å². The van der Waals surface area contributed by atoms with Crippen LogP contribution in [0.2, 0.25) is 5.02 Å². The van der Waals surface area contributed by atoms with Crippen molar-refractivity contribution in [2.24, 2.45) is 0 Å². The molecule has 34 heavy (non-hydrogen) atoms. The van der Waals surface area contributed by atoms with E-state index >= 15 is 0 Å². The largest absolute Gasteiger partial charge is 0.433 e. The van der Waals surface area contributed by atoms with Crippen LogP contribution >= 0.6 is 11.6 Å². The lowest BCUT2D eigenvalue weighted by Crippen LogP contribution is -2.28. The number of benzene rings is 2. The Balaban J connectivity index is 1.62. The Hall–Kier alpha value is -2.95. The van der Waals surface area contributed by atoms with E-state index in [-0.39, 0.29) is 18.7 Å². The maximum atomic E-state index is 12.6. The van der Waals surface area contributed by atoms with Crippen molar-refractivity contribution >= 4 is 34.5 Å². The minimum absolute atomic E-state index is 0.00421. The van der Waals surface area contributed by atoms with E-state index in [1.807, 2.05) is 25.1 Å². The summed E-state index contributed by atoms with van der Waals surface area (Å²) in [5.41, 5.74) is 1.90. The number of anilines is 1. The third-order valence-electron chi connectivity index (χ3n) is 5.03. The Kier molecular flexibility index (Phi) is 8.29. The molecule has 6 nitrogen and oxygen atoms in total. The van der Waals surface area contributed by atoms with Crippen molar-refractivity contribution in [1.29, 1.82) is 0 Å². The Morgan fingerprint density at radius 2 is 1.85 bits per heavy atom. The van der Waals surface area contributed by atoms with Crippen molar-refractivity contribution in [3.8, 4) is 0 Å². The molecule has 3 rings (SSSR count). The number of rotatable bonds is 8. The molecule has 11 heteroatoms. The molecule has 1 unspecified atom stereocenters. The maximum absolute atomic E-state index is 12.6. The molecule has 0 aliphatic rings. The molecule has 0 radical (unpaired) electrons. The van der Waals surface area contributed by atoms with E-state index < -0.39 is 29.0 Å². The molecule has 1 heterocycles. The molecule has 2 N–H and O–H groups in total. The van der Waals surface area contributed by atoms with Gasteiger partial charge in [0.1, 0.15) is 5.69 Å². The highest BCUT2D eigenvalue weighted by Crippen LogP contribution is 2.27. The fourth-order valence-electron chi connectivity index (χ4n) is 3.18. The number of aromatic nitrogens is 1. The molecule has 1 atom stereocenters. The Morgan fingerprint density at radius 1 is 1.15 bits per heavy atom. The lowest BCUT2D eigenvalue weighted by atomic mass is 10.1. The van der Waals surface area contributed by atoms with Gasteiger partial charge in [0.2, 0.25) is 0 Å². The quantitative estimate of drug-likeness (QED) is 0.408. The van der Waals surface area contributed by atoms with Gasteiger partial charge in [-0.25, -0.2) is 4.21 Å². The predicted octanol–water partition coefficient (Wildman–Crippen LogP) is 5.18. The van der Waals surface area contributed by atoms with Crippen LogP contribution in [-0.4, -0.2) is 26.2 Å². The second-order valence-electron chi connectivity index (χ2n) is 7.41. The van der Waals surface area contributed by atoms with Crippen molar-refractivity contribution in [1.82, 2.24) is 10.3 Å². The van der Waals surface area contributed by atoms with E-state index in [1.165, 1.54) is 22.5 Å². The summed E-state index contributed by atoms with van der Waals surface area (Å²) < 4.78 is 60.7. The summed E-state index contributed by atoms with van der Waals surface area (Å²) in [4.78, 5) is 15.7. The first-order valence-corrected chi connectivity index (χ1v) is 11.5. The van der Waals surface area contributed by atoms with Crippen molar-refractivity contribution in [2.75, 3.05) is 10.8 Å². The summed E-state index contributed by atoms with van der Waals surface area (Å²) in [6, 6.07) is 13.8. The molecule has 1 amide bonds. The van der Waals surface area contributed by atoms with Crippen LogP contribution in [0.3, 0.4) is 0 Å². The molecule has 0 saturated carbocycles. The zero-order chi connectivity index (χ0) is 24.9. The van der Waals surface area contributed by atoms with Gasteiger partial charge < -0.3 is 5.32 Å². The zero-order valence-electron chi connectivity index (χ0n) is 18.0. The standard InChI is InChI=1S/C23H21ClF3N3O3S/c1-15-3-2-4-17(21(15)24)11-12-30(34(32)33)19-8-6-18(7-9-19)22(31)29-14-16-5-10-20(28-13-16)23(25,26)27/h2-10,13H,11-12,14H2,1H3,(H,29,31)(H,32,33). The highest BCUT2D eigenvalue weighted by Gasteiger charge is 2.32. The molecular weight excluding hydrogens is 491 g/mol. The van der Waals surface area contributed by atoms with Gasteiger partial charge >= 0.3 is 6.18 Å². The lowest BCUT2D eigenvalue weighted by molar-refractivity contribution is -0.141. The van der Waals surface area contributed by atoms with Crippen molar-refractivity contribution in [3.63, 3.8) is 0 Å². The highest BCUT2D eigenvalue weighted by molar-refractivity contribution is 7.80. The fraction of sp³-hybridized carbons (Fsp3) is 0.217. The lowest BCUT2D eigenvalue weighted by Gasteiger charge is -2.20. The molecule has 0 bridgehead atoms. The number of nitrogens with zero attached hydrogens (tertiary/aromatic N) is 2. The van der Waals surface area contributed by atoms with Gasteiger partial charge in [0.15, 0.2) is 0 Å². The van der Waals surface area contributed by atoms with Crippen LogP contribution in [0.5, 0.6) is 0 Å². The first-order valence-electron chi connectivity index (χ1n) is 10.1. The van der Waals surface area contributed by atoms with Crippen molar-refractivity contribution < 1.29 is 26.7 Å². The van der Waals surface area contributed by atoms with E-state index in [9.17, 15) is 26.7 Å². The summed E-state index contributed by atoms with van der Waals surface area (Å²) in [5.74, 6) is -0.449. The van der Waals surface area contributed by atoms with Gasteiger partial charge in [-0.1, -0.05) is 35.9 Å². The number of carbonyl (C=O) groups is 1. The number of nitrogens with one attached hydrogen (secondary N) is 1. The van der Waals surface area contributed by atoms with Gasteiger partial charge in [0, 0.05) is 29.9 Å². The van der Waals surface area contributed by atoms with Gasteiger partial charge in [-0.3, -0.25) is 18.6 Å². The van der Waals surface area contributed by atoms with E-state index in [2.05, 4.69) is 10.3 Å². The number of aryl methyl sites for hydroxylation is 1. The van der Waals surface area contributed by atoms with Crippen LogP contribution in [0.4, 0.5) is 18.9 Å². The van der Waals surface area contributed by atoms with Gasteiger partial charge in [-0.05, 0) is 60.4 Å². The monoisotopic (exact) mass is 511 g/mol. The Labute approximate surface area is 202 Å². The second-order valence-corrected chi connectivity index (χ2v) is 8.69. The summed E-state index contributed by atoms with van der Waals surface area (Å²) in [7, 11) is 0. The third kappa shape index (κ3) is 6.55. The van der Waals surface area contributed by atoms with Crippen LogP contribution in [0, 0.1) is 6.92 Å². The van der Waals surface area contributed by atoms with E-state index in [1.54, 1.807) is 12.1 Å². The second kappa shape index (κ2) is 11.0. The van der Waals surface area contributed by atoms with Crippen molar-refractivity contribution in [2.45, 2.75) is 26.1 Å². The Bertz CT molecular complexity index is 1170. The average molecular weight is 512 g/mol. The zero-order valence-corrected chi connectivity index (χ0v) is 19.5. The summed E-state index contributed by atoms with van der Waals surface area (Å²) >= 11 is 4.01. The number of hydrogen-bond acceptors (Lipinski definition) is 3. The number of hydrogen-bond donors (Lipinski definition) is 2. The minimum atomic E-state index is -4.53. The van der Waals surface area contributed by atoms with Gasteiger partial charge in [-0.15, -0.1) is 0 Å². The number of halogens is 4. The van der Waals surface area contributed by atoms with Crippen LogP contribution < -0.4 is 9.62 Å². The molecule has 2 aromatic carbocycles. The number of pyridine rings is 1. The van der Waals surface area contributed by atoms with Crippen LogP contribution in [0.25, 0.3) is 0 Å². The third-order valence-corrected chi connectivity index (χ3v) is 6.34. The van der Waals surface area contributed by atoms with E-state index in [0.717, 1.165) is 23.4 Å². The van der Waals surface area contributed by atoms with E-state index in [4.69, 9.17) is 11.6 Å². The topological polar surface area (TPSA) is 82.5 Å². The normalized spacial score (nSPS) is 12.3. The molecule has 0 aliphatic carbocycles. The maximum Gasteiger partial charge on any atom is 0.433 e. The number of amides is 1. The first-order chi connectivity index (χ1) is 16.1. The molecule has 0 aliphatic heterocycles. The van der Waals surface area contributed by atoms with Gasteiger partial charge in [-0.2, -0.15) is 13.2 Å². The van der Waals surface area contributed by atoms with Crippen molar-refractivity contribution in [3.05, 3.63) is 93.8 Å². The average Bonchev–Trinajstić information content (AvgIpc) is 2.80. The molecule has 0 fully saturated rings. The molecule has 0 saturated heterocycles. The first kappa shape index (κ1) is 25.7.